The van der Waals surface area contributed by atoms with Gasteiger partial charge in [0, 0.05) is 28.2 Å². The maximum atomic E-state index is 12.5. The summed E-state index contributed by atoms with van der Waals surface area (Å²) in [6.45, 7) is 1.94. The van der Waals surface area contributed by atoms with Crippen molar-refractivity contribution >= 4 is 27.2 Å². The molecular weight excluding hydrogens is 242 g/mol. The fourth-order valence-corrected chi connectivity index (χ4v) is 2.92. The molecule has 0 aliphatic heterocycles. The maximum Gasteiger partial charge on any atom is 0.196 e. The van der Waals surface area contributed by atoms with Crippen LogP contribution in [-0.4, -0.2) is 10.8 Å². The molecule has 0 N–H and O–H groups in total. The third-order valence-corrected chi connectivity index (χ3v) is 3.82. The van der Waals surface area contributed by atoms with E-state index in [9.17, 15) is 4.79 Å². The first-order valence-electron chi connectivity index (χ1n) is 5.68. The van der Waals surface area contributed by atoms with Crippen molar-refractivity contribution in [2.45, 2.75) is 6.92 Å². The fourth-order valence-electron chi connectivity index (χ4n) is 2.01. The summed E-state index contributed by atoms with van der Waals surface area (Å²) in [6, 6.07) is 9.74. The van der Waals surface area contributed by atoms with Gasteiger partial charge in [0.25, 0.3) is 0 Å². The number of hydrogen-bond donors (Lipinski definition) is 0. The highest BCUT2D eigenvalue weighted by molar-refractivity contribution is 7.17. The average molecular weight is 253 g/mol. The Morgan fingerprint density at radius 1 is 1.22 bits per heavy atom. The molecule has 88 valence electrons. The zero-order valence-corrected chi connectivity index (χ0v) is 10.7. The van der Waals surface area contributed by atoms with E-state index in [0.717, 1.165) is 21.2 Å². The standard InChI is InChI=1S/C15H11NOS/c1-10-7-12(9-16-8-10)14(17)13-4-2-3-11-5-6-18-15(11)13/h2-9H,1H3. The van der Waals surface area contributed by atoms with Gasteiger partial charge in [0.15, 0.2) is 5.78 Å². The molecule has 3 rings (SSSR count). The minimum atomic E-state index is 0.0410. The molecule has 0 saturated carbocycles. The number of carbonyl (C=O) groups excluding carboxylic acids is 1. The second-order valence-electron chi connectivity index (χ2n) is 4.22. The summed E-state index contributed by atoms with van der Waals surface area (Å²) in [5.41, 5.74) is 2.41. The quantitative estimate of drug-likeness (QED) is 0.649. The van der Waals surface area contributed by atoms with Crippen molar-refractivity contribution in [2.75, 3.05) is 0 Å². The van der Waals surface area contributed by atoms with Crippen LogP contribution in [0.1, 0.15) is 21.5 Å². The van der Waals surface area contributed by atoms with Gasteiger partial charge < -0.3 is 0 Å². The number of rotatable bonds is 2. The summed E-state index contributed by atoms with van der Waals surface area (Å²) in [7, 11) is 0. The number of fused-ring (bicyclic) bond motifs is 1. The van der Waals surface area contributed by atoms with E-state index in [0.29, 0.717) is 5.56 Å². The van der Waals surface area contributed by atoms with Gasteiger partial charge in [-0.1, -0.05) is 12.1 Å². The van der Waals surface area contributed by atoms with Crippen molar-refractivity contribution in [1.29, 1.82) is 0 Å². The second kappa shape index (κ2) is 4.35. The zero-order chi connectivity index (χ0) is 12.5. The Hall–Kier alpha value is -2.00. The number of aryl methyl sites for hydroxylation is 1. The van der Waals surface area contributed by atoms with E-state index >= 15 is 0 Å². The normalized spacial score (nSPS) is 10.7. The molecule has 3 aromatic rings. The number of carbonyl (C=O) groups is 1. The second-order valence-corrected chi connectivity index (χ2v) is 5.14. The molecule has 0 fully saturated rings. The van der Waals surface area contributed by atoms with Gasteiger partial charge in [0.1, 0.15) is 0 Å². The first-order chi connectivity index (χ1) is 8.75. The summed E-state index contributed by atoms with van der Waals surface area (Å²) >= 11 is 1.60. The number of pyridine rings is 1. The molecule has 2 aromatic heterocycles. The molecule has 0 aliphatic rings. The first kappa shape index (κ1) is 11.1. The third kappa shape index (κ3) is 1.83. The number of thiophene rings is 1. The molecule has 0 bridgehead atoms. The average Bonchev–Trinajstić information content (AvgIpc) is 2.86. The largest absolute Gasteiger partial charge is 0.288 e. The predicted molar refractivity (Wildman–Crippen MR) is 74.2 cm³/mol. The summed E-state index contributed by atoms with van der Waals surface area (Å²) in [6.07, 6.45) is 3.38. The summed E-state index contributed by atoms with van der Waals surface area (Å²) < 4.78 is 1.05. The molecule has 2 nitrogen and oxygen atoms in total. The van der Waals surface area contributed by atoms with Gasteiger partial charge >= 0.3 is 0 Å². The van der Waals surface area contributed by atoms with Gasteiger partial charge in [-0.25, -0.2) is 0 Å². The van der Waals surface area contributed by atoms with Crippen molar-refractivity contribution in [3.8, 4) is 0 Å². The maximum absolute atomic E-state index is 12.5. The van der Waals surface area contributed by atoms with E-state index in [1.54, 1.807) is 23.7 Å². The van der Waals surface area contributed by atoms with E-state index in [2.05, 4.69) is 4.98 Å². The molecule has 0 amide bonds. The van der Waals surface area contributed by atoms with E-state index in [4.69, 9.17) is 0 Å². The molecule has 3 heteroatoms. The van der Waals surface area contributed by atoms with Crippen LogP contribution in [0.15, 0.2) is 48.1 Å². The van der Waals surface area contributed by atoms with Gasteiger partial charge in [0.05, 0.1) is 0 Å². The van der Waals surface area contributed by atoms with E-state index in [1.807, 2.05) is 42.6 Å². The summed E-state index contributed by atoms with van der Waals surface area (Å²) in [4.78, 5) is 16.6. The summed E-state index contributed by atoms with van der Waals surface area (Å²) in [5.74, 6) is 0.0410. The number of aromatic nitrogens is 1. The molecular formula is C15H11NOS. The topological polar surface area (TPSA) is 30.0 Å². The van der Waals surface area contributed by atoms with Gasteiger partial charge in [-0.3, -0.25) is 9.78 Å². The lowest BCUT2D eigenvalue weighted by Gasteiger charge is -2.03. The van der Waals surface area contributed by atoms with E-state index in [1.165, 1.54) is 0 Å². The molecule has 0 spiro atoms. The van der Waals surface area contributed by atoms with Crippen LogP contribution in [0.5, 0.6) is 0 Å². The van der Waals surface area contributed by atoms with Crippen LogP contribution in [-0.2, 0) is 0 Å². The molecule has 0 atom stereocenters. The molecule has 1 aromatic carbocycles. The van der Waals surface area contributed by atoms with Crippen molar-refractivity contribution in [3.05, 3.63) is 64.8 Å². The Balaban J connectivity index is 2.15. The monoisotopic (exact) mass is 253 g/mol. The lowest BCUT2D eigenvalue weighted by molar-refractivity contribution is 0.104. The van der Waals surface area contributed by atoms with Crippen LogP contribution in [0.2, 0.25) is 0 Å². The van der Waals surface area contributed by atoms with Crippen LogP contribution in [0.25, 0.3) is 10.1 Å². The molecule has 0 radical (unpaired) electrons. The zero-order valence-electron chi connectivity index (χ0n) is 9.88. The van der Waals surface area contributed by atoms with Gasteiger partial charge in [0.2, 0.25) is 0 Å². The molecule has 0 aliphatic carbocycles. The highest BCUT2D eigenvalue weighted by Gasteiger charge is 2.13. The van der Waals surface area contributed by atoms with Crippen LogP contribution in [0.4, 0.5) is 0 Å². The van der Waals surface area contributed by atoms with Crippen LogP contribution < -0.4 is 0 Å². The molecule has 0 saturated heterocycles. The Labute approximate surface area is 109 Å². The number of benzene rings is 1. The van der Waals surface area contributed by atoms with Crippen LogP contribution in [0.3, 0.4) is 0 Å². The lowest BCUT2D eigenvalue weighted by atomic mass is 10.0. The van der Waals surface area contributed by atoms with Crippen molar-refractivity contribution in [2.24, 2.45) is 0 Å². The van der Waals surface area contributed by atoms with Crippen molar-refractivity contribution in [3.63, 3.8) is 0 Å². The SMILES string of the molecule is Cc1cncc(C(=O)c2cccc3ccsc23)c1. The highest BCUT2D eigenvalue weighted by atomic mass is 32.1. The first-order valence-corrected chi connectivity index (χ1v) is 6.56. The van der Waals surface area contributed by atoms with Crippen molar-refractivity contribution < 1.29 is 4.79 Å². The Kier molecular flexibility index (Phi) is 2.68. The molecule has 18 heavy (non-hydrogen) atoms. The van der Waals surface area contributed by atoms with Crippen LogP contribution >= 0.6 is 11.3 Å². The minimum Gasteiger partial charge on any atom is -0.288 e. The number of nitrogens with zero attached hydrogens (tertiary/aromatic N) is 1. The predicted octanol–water partition coefficient (Wildman–Crippen LogP) is 3.84. The highest BCUT2D eigenvalue weighted by Crippen LogP contribution is 2.26. The van der Waals surface area contributed by atoms with E-state index < -0.39 is 0 Å². The van der Waals surface area contributed by atoms with Gasteiger partial charge in [-0.2, -0.15) is 0 Å². The summed E-state index contributed by atoms with van der Waals surface area (Å²) in [5, 5.41) is 3.13. The van der Waals surface area contributed by atoms with Gasteiger partial charge in [-0.05, 0) is 41.5 Å². The fraction of sp³-hybridized carbons (Fsp3) is 0.0667. The molecule has 0 unspecified atom stereocenters. The smallest absolute Gasteiger partial charge is 0.196 e. The van der Waals surface area contributed by atoms with Crippen LogP contribution in [0, 0.1) is 6.92 Å². The number of hydrogen-bond acceptors (Lipinski definition) is 3. The molecule has 2 heterocycles. The third-order valence-electron chi connectivity index (χ3n) is 2.86. The van der Waals surface area contributed by atoms with Gasteiger partial charge in [-0.15, -0.1) is 11.3 Å². The Morgan fingerprint density at radius 3 is 2.94 bits per heavy atom. The lowest BCUT2D eigenvalue weighted by Crippen LogP contribution is -2.02. The number of ketones is 1. The van der Waals surface area contributed by atoms with Crippen molar-refractivity contribution in [1.82, 2.24) is 4.98 Å². The Morgan fingerprint density at radius 2 is 2.11 bits per heavy atom. The Bertz CT molecular complexity index is 730. The van der Waals surface area contributed by atoms with E-state index in [-0.39, 0.29) is 5.78 Å². The minimum absolute atomic E-state index is 0.0410.